The van der Waals surface area contributed by atoms with Crippen LogP contribution in [0.5, 0.6) is 0 Å². The highest BCUT2D eigenvalue weighted by molar-refractivity contribution is 6.18. The lowest BCUT2D eigenvalue weighted by Gasteiger charge is -2.16. The summed E-state index contributed by atoms with van der Waals surface area (Å²) in [5, 5.41) is 3.33. The van der Waals surface area contributed by atoms with Crippen LogP contribution in [0.2, 0.25) is 0 Å². The lowest BCUT2D eigenvalue weighted by atomic mass is 9.90. The number of aryl methyl sites for hydroxylation is 2. The van der Waals surface area contributed by atoms with E-state index in [4.69, 9.17) is 11.6 Å². The van der Waals surface area contributed by atoms with Gasteiger partial charge in [-0.25, -0.2) is 0 Å². The summed E-state index contributed by atoms with van der Waals surface area (Å²) < 4.78 is 0. The molecule has 1 aromatic carbocycles. The van der Waals surface area contributed by atoms with Crippen molar-refractivity contribution in [3.63, 3.8) is 0 Å². The average molecular weight is 238 g/mol. The van der Waals surface area contributed by atoms with Crippen LogP contribution < -0.4 is 5.32 Å². The van der Waals surface area contributed by atoms with Crippen molar-refractivity contribution in [2.45, 2.75) is 32.1 Å². The number of hydrogen-bond donors (Lipinski definition) is 1. The minimum atomic E-state index is 0.699. The van der Waals surface area contributed by atoms with Crippen LogP contribution in [-0.4, -0.2) is 19.0 Å². The van der Waals surface area contributed by atoms with Crippen molar-refractivity contribution in [3.8, 4) is 0 Å². The molecule has 0 radical (unpaired) electrons. The van der Waals surface area contributed by atoms with Crippen molar-refractivity contribution in [3.05, 3.63) is 34.9 Å². The van der Waals surface area contributed by atoms with Crippen LogP contribution in [-0.2, 0) is 19.3 Å². The number of benzene rings is 1. The highest BCUT2D eigenvalue weighted by Gasteiger charge is 2.08. The second-order valence-corrected chi connectivity index (χ2v) is 4.88. The van der Waals surface area contributed by atoms with E-state index in [1.165, 1.54) is 31.2 Å². The smallest absolute Gasteiger partial charge is 0.0348 e. The molecule has 1 nitrogen and oxygen atoms in total. The molecule has 2 rings (SSSR count). The second-order valence-electron chi connectivity index (χ2n) is 4.50. The molecule has 1 aliphatic rings. The predicted molar refractivity (Wildman–Crippen MR) is 70.4 cm³/mol. The summed E-state index contributed by atoms with van der Waals surface area (Å²) >= 11 is 5.62. The summed E-state index contributed by atoms with van der Waals surface area (Å²) in [6.07, 6.45) is 6.40. The molecular formula is C14H20ClN. The van der Waals surface area contributed by atoms with E-state index in [0.29, 0.717) is 5.88 Å². The monoisotopic (exact) mass is 237 g/mol. The summed E-state index contributed by atoms with van der Waals surface area (Å²) in [5.41, 5.74) is 4.62. The Labute approximate surface area is 103 Å². The van der Waals surface area contributed by atoms with Gasteiger partial charge in [-0.1, -0.05) is 18.2 Å². The molecule has 0 unspecified atom stereocenters. The standard InChI is InChI=1S/C14H20ClN/c15-8-10-16-9-7-12-5-6-13-3-1-2-4-14(13)11-12/h5-6,11,16H,1-4,7-10H2. The first-order valence-electron chi connectivity index (χ1n) is 6.27. The number of fused-ring (bicyclic) bond motifs is 1. The first kappa shape index (κ1) is 11.9. The third-order valence-corrected chi connectivity index (χ3v) is 3.46. The Hall–Kier alpha value is -0.530. The van der Waals surface area contributed by atoms with Gasteiger partial charge in [0, 0.05) is 12.4 Å². The highest BCUT2D eigenvalue weighted by Crippen LogP contribution is 2.22. The molecular weight excluding hydrogens is 218 g/mol. The minimum Gasteiger partial charge on any atom is -0.315 e. The molecule has 1 N–H and O–H groups in total. The third kappa shape index (κ3) is 3.23. The fourth-order valence-electron chi connectivity index (χ4n) is 2.37. The molecule has 1 aliphatic carbocycles. The quantitative estimate of drug-likeness (QED) is 0.614. The molecule has 0 saturated heterocycles. The predicted octanol–water partition coefficient (Wildman–Crippen LogP) is 2.94. The SMILES string of the molecule is ClCCNCCc1ccc2c(c1)CCCC2. The van der Waals surface area contributed by atoms with E-state index < -0.39 is 0 Å². The number of alkyl halides is 1. The maximum absolute atomic E-state index is 5.62. The van der Waals surface area contributed by atoms with Gasteiger partial charge in [0.25, 0.3) is 0 Å². The zero-order valence-corrected chi connectivity index (χ0v) is 10.5. The first-order chi connectivity index (χ1) is 7.90. The minimum absolute atomic E-state index is 0.699. The molecule has 0 aromatic heterocycles. The van der Waals surface area contributed by atoms with Gasteiger partial charge in [0.15, 0.2) is 0 Å². The Kier molecular flexibility index (Phi) is 4.68. The molecule has 0 fully saturated rings. The van der Waals surface area contributed by atoms with Crippen LogP contribution in [0.3, 0.4) is 0 Å². The van der Waals surface area contributed by atoms with E-state index in [1.807, 2.05) is 0 Å². The van der Waals surface area contributed by atoms with E-state index in [9.17, 15) is 0 Å². The van der Waals surface area contributed by atoms with Gasteiger partial charge in [0.1, 0.15) is 0 Å². The molecule has 0 bridgehead atoms. The van der Waals surface area contributed by atoms with Crippen LogP contribution in [0.15, 0.2) is 18.2 Å². The van der Waals surface area contributed by atoms with E-state index in [-0.39, 0.29) is 0 Å². The summed E-state index contributed by atoms with van der Waals surface area (Å²) in [6.45, 7) is 1.94. The number of halogens is 1. The molecule has 0 atom stereocenters. The van der Waals surface area contributed by atoms with Crippen molar-refractivity contribution < 1.29 is 0 Å². The molecule has 0 aliphatic heterocycles. The number of rotatable bonds is 5. The maximum atomic E-state index is 5.62. The average Bonchev–Trinajstić information content (AvgIpc) is 2.34. The van der Waals surface area contributed by atoms with Gasteiger partial charge in [0.05, 0.1) is 0 Å². The molecule has 2 heteroatoms. The summed E-state index contributed by atoms with van der Waals surface area (Å²) in [4.78, 5) is 0. The molecule has 88 valence electrons. The Morgan fingerprint density at radius 2 is 1.88 bits per heavy atom. The van der Waals surface area contributed by atoms with Crippen molar-refractivity contribution in [2.24, 2.45) is 0 Å². The van der Waals surface area contributed by atoms with Crippen LogP contribution in [0, 0.1) is 0 Å². The largest absolute Gasteiger partial charge is 0.315 e. The van der Waals surface area contributed by atoms with Gasteiger partial charge in [-0.15, -0.1) is 11.6 Å². The lowest BCUT2D eigenvalue weighted by molar-refractivity contribution is 0.681. The van der Waals surface area contributed by atoms with Crippen LogP contribution in [0.25, 0.3) is 0 Å². The van der Waals surface area contributed by atoms with E-state index in [0.717, 1.165) is 19.5 Å². The third-order valence-electron chi connectivity index (χ3n) is 3.27. The molecule has 0 amide bonds. The number of hydrogen-bond acceptors (Lipinski definition) is 1. The van der Waals surface area contributed by atoms with Gasteiger partial charge in [-0.05, 0) is 55.3 Å². The van der Waals surface area contributed by atoms with Crippen LogP contribution in [0.1, 0.15) is 29.5 Å². The highest BCUT2D eigenvalue weighted by atomic mass is 35.5. The van der Waals surface area contributed by atoms with Gasteiger partial charge < -0.3 is 5.32 Å². The zero-order chi connectivity index (χ0) is 11.2. The summed E-state index contributed by atoms with van der Waals surface area (Å²) in [7, 11) is 0. The van der Waals surface area contributed by atoms with Gasteiger partial charge in [-0.3, -0.25) is 0 Å². The van der Waals surface area contributed by atoms with Gasteiger partial charge in [0.2, 0.25) is 0 Å². The fourth-order valence-corrected chi connectivity index (χ4v) is 2.50. The zero-order valence-electron chi connectivity index (χ0n) is 9.77. The molecule has 0 heterocycles. The van der Waals surface area contributed by atoms with Crippen molar-refractivity contribution in [1.29, 1.82) is 0 Å². The first-order valence-corrected chi connectivity index (χ1v) is 6.81. The van der Waals surface area contributed by atoms with Gasteiger partial charge >= 0.3 is 0 Å². The number of nitrogens with one attached hydrogen (secondary N) is 1. The van der Waals surface area contributed by atoms with E-state index in [2.05, 4.69) is 23.5 Å². The van der Waals surface area contributed by atoms with Crippen LogP contribution >= 0.6 is 11.6 Å². The summed E-state index contributed by atoms with van der Waals surface area (Å²) in [5.74, 6) is 0.699. The molecule has 1 aromatic rings. The normalized spacial score (nSPS) is 14.8. The van der Waals surface area contributed by atoms with Crippen LogP contribution in [0.4, 0.5) is 0 Å². The maximum Gasteiger partial charge on any atom is 0.0348 e. The topological polar surface area (TPSA) is 12.0 Å². The van der Waals surface area contributed by atoms with Crippen molar-refractivity contribution in [2.75, 3.05) is 19.0 Å². The van der Waals surface area contributed by atoms with Crippen molar-refractivity contribution in [1.82, 2.24) is 5.32 Å². The van der Waals surface area contributed by atoms with E-state index >= 15 is 0 Å². The molecule has 16 heavy (non-hydrogen) atoms. The Morgan fingerprint density at radius 1 is 1.06 bits per heavy atom. The van der Waals surface area contributed by atoms with E-state index in [1.54, 1.807) is 11.1 Å². The second kappa shape index (κ2) is 6.27. The Morgan fingerprint density at radius 3 is 2.69 bits per heavy atom. The fraction of sp³-hybridized carbons (Fsp3) is 0.571. The van der Waals surface area contributed by atoms with Crippen molar-refractivity contribution >= 4 is 11.6 Å². The molecule has 0 saturated carbocycles. The van der Waals surface area contributed by atoms with Gasteiger partial charge in [-0.2, -0.15) is 0 Å². The lowest BCUT2D eigenvalue weighted by Crippen LogP contribution is -2.19. The Bertz CT molecular complexity index is 336. The summed E-state index contributed by atoms with van der Waals surface area (Å²) in [6, 6.07) is 7.01. The molecule has 0 spiro atoms. The Balaban J connectivity index is 1.90.